The predicted octanol–water partition coefficient (Wildman–Crippen LogP) is 1.96. The van der Waals surface area contributed by atoms with Crippen LogP contribution in [0.25, 0.3) is 0 Å². The fourth-order valence-corrected chi connectivity index (χ4v) is 2.56. The lowest BCUT2D eigenvalue weighted by Crippen LogP contribution is -2.42. The van der Waals surface area contributed by atoms with Gasteiger partial charge in [0.2, 0.25) is 0 Å². The molecule has 0 amide bonds. The van der Waals surface area contributed by atoms with E-state index in [1.165, 1.54) is 6.20 Å². The molecule has 5 nitrogen and oxygen atoms in total. The van der Waals surface area contributed by atoms with Crippen molar-refractivity contribution in [2.75, 3.05) is 32.1 Å². The molecule has 1 aromatic rings. The zero-order valence-corrected chi connectivity index (χ0v) is 11.9. The highest BCUT2D eigenvalue weighted by Crippen LogP contribution is 2.24. The Balaban J connectivity index is 2.12. The van der Waals surface area contributed by atoms with Crippen molar-refractivity contribution in [1.29, 1.82) is 0 Å². The molecule has 6 heteroatoms. The third-order valence-electron chi connectivity index (χ3n) is 3.59. The van der Waals surface area contributed by atoms with E-state index in [9.17, 15) is 4.79 Å². The first-order chi connectivity index (χ1) is 8.99. The normalized spacial score (nSPS) is 16.9. The van der Waals surface area contributed by atoms with Gasteiger partial charge < -0.3 is 14.9 Å². The number of carbonyl (C=O) groups is 1. The molecule has 104 valence electrons. The van der Waals surface area contributed by atoms with E-state index in [1.54, 1.807) is 6.07 Å². The van der Waals surface area contributed by atoms with Gasteiger partial charge in [0.25, 0.3) is 0 Å². The number of carboxylic acid groups (broad SMARTS) is 1. The Labute approximate surface area is 117 Å². The molecule has 0 aliphatic carbocycles. The van der Waals surface area contributed by atoms with Crippen molar-refractivity contribution in [2.45, 2.75) is 18.9 Å². The van der Waals surface area contributed by atoms with Gasteiger partial charge in [0, 0.05) is 25.3 Å². The van der Waals surface area contributed by atoms with E-state index in [-0.39, 0.29) is 10.6 Å². The summed E-state index contributed by atoms with van der Waals surface area (Å²) in [5.74, 6) is -0.323. The lowest BCUT2D eigenvalue weighted by atomic mass is 10.0. The Morgan fingerprint density at radius 3 is 2.63 bits per heavy atom. The van der Waals surface area contributed by atoms with Crippen molar-refractivity contribution in [1.82, 2.24) is 9.88 Å². The van der Waals surface area contributed by atoms with Gasteiger partial charge in [0.1, 0.15) is 5.82 Å². The standard InChI is InChI=1S/C13H18ClN3O2/c1-16(2)9-3-5-17(6-4-9)12-7-10(13(18)19)11(14)8-15-12/h7-9H,3-6H2,1-2H3,(H,18,19). The molecule has 0 atom stereocenters. The third kappa shape index (κ3) is 3.16. The van der Waals surface area contributed by atoms with Crippen LogP contribution in [0.5, 0.6) is 0 Å². The molecule has 1 aliphatic heterocycles. The summed E-state index contributed by atoms with van der Waals surface area (Å²) in [6.07, 6.45) is 3.53. The molecule has 1 aliphatic rings. The zero-order chi connectivity index (χ0) is 14.0. The molecular formula is C13H18ClN3O2. The van der Waals surface area contributed by atoms with E-state index in [0.29, 0.717) is 11.9 Å². The van der Waals surface area contributed by atoms with Crippen LogP contribution in [0, 0.1) is 0 Å². The summed E-state index contributed by atoms with van der Waals surface area (Å²) in [5.41, 5.74) is 0.112. The second-order valence-corrected chi connectivity index (χ2v) is 5.42. The van der Waals surface area contributed by atoms with Crippen molar-refractivity contribution < 1.29 is 9.90 Å². The number of aromatic nitrogens is 1. The number of anilines is 1. The number of piperidine rings is 1. The van der Waals surface area contributed by atoms with Crippen LogP contribution < -0.4 is 4.90 Å². The van der Waals surface area contributed by atoms with Crippen LogP contribution in [0.3, 0.4) is 0 Å². The number of hydrogen-bond acceptors (Lipinski definition) is 4. The number of aromatic carboxylic acids is 1. The van der Waals surface area contributed by atoms with Gasteiger partial charge in [-0.1, -0.05) is 11.6 Å². The lowest BCUT2D eigenvalue weighted by molar-refractivity contribution is 0.0697. The average Bonchev–Trinajstić information content (AvgIpc) is 2.39. The van der Waals surface area contributed by atoms with E-state index < -0.39 is 5.97 Å². The van der Waals surface area contributed by atoms with Crippen LogP contribution in [0.4, 0.5) is 5.82 Å². The van der Waals surface area contributed by atoms with E-state index in [2.05, 4.69) is 28.9 Å². The van der Waals surface area contributed by atoms with Crippen LogP contribution >= 0.6 is 11.6 Å². The quantitative estimate of drug-likeness (QED) is 0.919. The number of carboxylic acids is 1. The Kier molecular flexibility index (Phi) is 4.27. The molecule has 1 N–H and O–H groups in total. The Morgan fingerprint density at radius 1 is 1.47 bits per heavy atom. The number of nitrogens with zero attached hydrogens (tertiary/aromatic N) is 3. The van der Waals surface area contributed by atoms with E-state index >= 15 is 0 Å². The highest BCUT2D eigenvalue weighted by Gasteiger charge is 2.22. The first kappa shape index (κ1) is 14.1. The molecule has 0 aromatic carbocycles. The second-order valence-electron chi connectivity index (χ2n) is 5.01. The summed E-state index contributed by atoms with van der Waals surface area (Å²) in [6, 6.07) is 2.14. The fraction of sp³-hybridized carbons (Fsp3) is 0.538. The van der Waals surface area contributed by atoms with Gasteiger partial charge in [-0.15, -0.1) is 0 Å². The SMILES string of the molecule is CN(C)C1CCN(c2cc(C(=O)O)c(Cl)cn2)CC1. The molecular weight excluding hydrogens is 266 g/mol. The number of rotatable bonds is 3. The average molecular weight is 284 g/mol. The second kappa shape index (κ2) is 5.75. The first-order valence-electron chi connectivity index (χ1n) is 6.29. The minimum absolute atomic E-state index is 0.112. The molecule has 0 unspecified atom stereocenters. The van der Waals surface area contributed by atoms with Crippen LogP contribution in [0.15, 0.2) is 12.3 Å². The predicted molar refractivity (Wildman–Crippen MR) is 75.1 cm³/mol. The summed E-state index contributed by atoms with van der Waals surface area (Å²) in [4.78, 5) is 19.6. The summed E-state index contributed by atoms with van der Waals surface area (Å²) < 4.78 is 0. The molecule has 2 rings (SSSR count). The summed E-state index contributed by atoms with van der Waals surface area (Å²) in [7, 11) is 4.17. The van der Waals surface area contributed by atoms with Crippen molar-refractivity contribution >= 4 is 23.4 Å². The minimum atomic E-state index is -1.02. The van der Waals surface area contributed by atoms with Crippen molar-refractivity contribution in [2.24, 2.45) is 0 Å². The molecule has 0 spiro atoms. The molecule has 0 saturated carbocycles. The van der Waals surface area contributed by atoms with Gasteiger partial charge in [0.05, 0.1) is 10.6 Å². The van der Waals surface area contributed by atoms with Crippen molar-refractivity contribution in [3.8, 4) is 0 Å². The fourth-order valence-electron chi connectivity index (χ4n) is 2.38. The van der Waals surface area contributed by atoms with Crippen LogP contribution in [0.1, 0.15) is 23.2 Å². The monoisotopic (exact) mass is 283 g/mol. The third-order valence-corrected chi connectivity index (χ3v) is 3.89. The molecule has 1 fully saturated rings. The van der Waals surface area contributed by atoms with Crippen LogP contribution in [-0.4, -0.2) is 54.2 Å². The van der Waals surface area contributed by atoms with Crippen molar-refractivity contribution in [3.63, 3.8) is 0 Å². The molecule has 1 saturated heterocycles. The summed E-state index contributed by atoms with van der Waals surface area (Å²) in [6.45, 7) is 1.77. The molecule has 2 heterocycles. The Bertz CT molecular complexity index is 471. The highest BCUT2D eigenvalue weighted by molar-refractivity contribution is 6.33. The van der Waals surface area contributed by atoms with Crippen LogP contribution in [-0.2, 0) is 0 Å². The summed E-state index contributed by atoms with van der Waals surface area (Å²) in [5, 5.41) is 9.25. The van der Waals surface area contributed by atoms with E-state index in [4.69, 9.17) is 16.7 Å². The van der Waals surface area contributed by atoms with Gasteiger partial charge in [-0.3, -0.25) is 0 Å². The van der Waals surface area contributed by atoms with Gasteiger partial charge >= 0.3 is 5.97 Å². The van der Waals surface area contributed by atoms with E-state index in [1.807, 2.05) is 0 Å². The smallest absolute Gasteiger partial charge is 0.337 e. The van der Waals surface area contributed by atoms with Gasteiger partial charge in [-0.25, -0.2) is 9.78 Å². The van der Waals surface area contributed by atoms with E-state index in [0.717, 1.165) is 25.9 Å². The number of halogens is 1. The highest BCUT2D eigenvalue weighted by atomic mass is 35.5. The lowest BCUT2D eigenvalue weighted by Gasteiger charge is -2.35. The minimum Gasteiger partial charge on any atom is -0.478 e. The first-order valence-corrected chi connectivity index (χ1v) is 6.67. The maximum Gasteiger partial charge on any atom is 0.337 e. The number of pyridine rings is 1. The van der Waals surface area contributed by atoms with Crippen molar-refractivity contribution in [3.05, 3.63) is 22.8 Å². The molecule has 19 heavy (non-hydrogen) atoms. The zero-order valence-electron chi connectivity index (χ0n) is 11.1. The Hall–Kier alpha value is -1.33. The maximum atomic E-state index is 11.1. The topological polar surface area (TPSA) is 56.7 Å². The van der Waals surface area contributed by atoms with Gasteiger partial charge in [-0.05, 0) is 33.0 Å². The van der Waals surface area contributed by atoms with Gasteiger partial charge in [-0.2, -0.15) is 0 Å². The Morgan fingerprint density at radius 2 is 2.11 bits per heavy atom. The number of hydrogen-bond donors (Lipinski definition) is 1. The summed E-state index contributed by atoms with van der Waals surface area (Å²) >= 11 is 5.83. The maximum absolute atomic E-state index is 11.1. The van der Waals surface area contributed by atoms with Gasteiger partial charge in [0.15, 0.2) is 0 Å². The molecule has 0 bridgehead atoms. The van der Waals surface area contributed by atoms with Crippen LogP contribution in [0.2, 0.25) is 5.02 Å². The molecule has 1 aromatic heterocycles. The largest absolute Gasteiger partial charge is 0.478 e. The molecule has 0 radical (unpaired) electrons.